The quantitative estimate of drug-likeness (QED) is 0.673. The lowest BCUT2D eigenvalue weighted by atomic mass is 9.83. The summed E-state index contributed by atoms with van der Waals surface area (Å²) in [6, 6.07) is 4.79. The van der Waals surface area contributed by atoms with Crippen LogP contribution < -0.4 is 4.74 Å². The van der Waals surface area contributed by atoms with Crippen LogP contribution in [-0.4, -0.2) is 16.8 Å². The molecule has 1 heterocycles. The Labute approximate surface area is 124 Å². The van der Waals surface area contributed by atoms with Gasteiger partial charge < -0.3 is 4.74 Å². The molecule has 100 valence electrons. The first kappa shape index (κ1) is 14.3. The Morgan fingerprint density at radius 1 is 1.39 bits per heavy atom. The van der Waals surface area contributed by atoms with Gasteiger partial charge in [-0.25, -0.2) is 4.39 Å². The van der Waals surface area contributed by atoms with E-state index in [1.54, 1.807) is 12.1 Å². The van der Waals surface area contributed by atoms with Crippen LogP contribution in [0.1, 0.15) is 25.3 Å². The predicted molar refractivity (Wildman–Crippen MR) is 79.4 cm³/mol. The fraction of sp³-hybridized carbons (Fsp3) is 0.571. The summed E-state index contributed by atoms with van der Waals surface area (Å²) < 4.78 is 19.1. The second-order valence-corrected chi connectivity index (χ2v) is 6.14. The molecule has 0 aliphatic carbocycles. The van der Waals surface area contributed by atoms with Crippen molar-refractivity contribution in [2.45, 2.75) is 32.3 Å². The number of ether oxygens (including phenoxy) is 1. The predicted octanol–water partition coefficient (Wildman–Crippen LogP) is 4.71. The highest BCUT2D eigenvalue weighted by Gasteiger charge is 2.33. The Kier molecular flexibility index (Phi) is 4.70. The van der Waals surface area contributed by atoms with Crippen molar-refractivity contribution in [1.29, 1.82) is 0 Å². The van der Waals surface area contributed by atoms with Gasteiger partial charge in [0.2, 0.25) is 0 Å². The number of hydrogen-bond donors (Lipinski definition) is 0. The summed E-state index contributed by atoms with van der Waals surface area (Å²) in [5.74, 6) is 0.663. The summed E-state index contributed by atoms with van der Waals surface area (Å²) in [6.45, 7) is 2.20. The third-order valence-corrected chi connectivity index (χ3v) is 6.12. The number of hydrogen-bond acceptors (Lipinski definition) is 1. The van der Waals surface area contributed by atoms with Crippen LogP contribution in [0.3, 0.4) is 0 Å². The molecule has 1 unspecified atom stereocenters. The Morgan fingerprint density at radius 2 is 2.11 bits per heavy atom. The first-order chi connectivity index (χ1) is 8.62. The maximum absolute atomic E-state index is 13.2. The molecule has 0 spiro atoms. The topological polar surface area (TPSA) is 9.23 Å². The smallest absolute Gasteiger partial charge is 0.123 e. The number of alkyl halides is 2. The monoisotopic (exact) mass is 378 g/mol. The minimum absolute atomic E-state index is 0.164. The fourth-order valence-corrected chi connectivity index (χ4v) is 4.54. The molecule has 0 bridgehead atoms. The summed E-state index contributed by atoms with van der Waals surface area (Å²) in [5.41, 5.74) is 1.21. The van der Waals surface area contributed by atoms with Gasteiger partial charge in [-0.2, -0.15) is 0 Å². The second-order valence-electron chi connectivity index (χ2n) is 5.02. The van der Waals surface area contributed by atoms with Crippen LogP contribution in [0, 0.1) is 11.2 Å². The van der Waals surface area contributed by atoms with Crippen molar-refractivity contribution in [1.82, 2.24) is 0 Å². The van der Waals surface area contributed by atoms with Gasteiger partial charge in [-0.05, 0) is 36.5 Å². The van der Waals surface area contributed by atoms with Crippen molar-refractivity contribution in [2.75, 3.05) is 10.7 Å². The largest absolute Gasteiger partial charge is 0.490 e. The van der Waals surface area contributed by atoms with Gasteiger partial charge in [-0.15, -0.1) is 0 Å². The van der Waals surface area contributed by atoms with E-state index in [1.165, 1.54) is 6.07 Å². The first-order valence-electron chi connectivity index (χ1n) is 6.19. The minimum Gasteiger partial charge on any atom is -0.490 e. The van der Waals surface area contributed by atoms with Crippen LogP contribution in [0.25, 0.3) is 0 Å². The number of rotatable bonds is 5. The molecule has 4 heteroatoms. The Morgan fingerprint density at radius 3 is 2.72 bits per heavy atom. The molecule has 1 nitrogen and oxygen atoms in total. The van der Waals surface area contributed by atoms with Gasteiger partial charge in [0, 0.05) is 22.6 Å². The summed E-state index contributed by atoms with van der Waals surface area (Å²) in [5, 5.41) is 1.90. The molecule has 0 radical (unpaired) electrons. The number of benzene rings is 1. The molecule has 1 atom stereocenters. The van der Waals surface area contributed by atoms with Gasteiger partial charge in [0.1, 0.15) is 17.7 Å². The van der Waals surface area contributed by atoms with Crippen molar-refractivity contribution in [3.8, 4) is 5.75 Å². The molecule has 0 N–H and O–H groups in total. The van der Waals surface area contributed by atoms with E-state index in [-0.39, 0.29) is 17.3 Å². The van der Waals surface area contributed by atoms with E-state index in [0.717, 1.165) is 41.2 Å². The summed E-state index contributed by atoms with van der Waals surface area (Å²) in [7, 11) is 0. The van der Waals surface area contributed by atoms with Gasteiger partial charge in [-0.3, -0.25) is 0 Å². The molecule has 2 rings (SSSR count). The molecule has 0 amide bonds. The van der Waals surface area contributed by atoms with Crippen LogP contribution in [0.5, 0.6) is 5.75 Å². The summed E-state index contributed by atoms with van der Waals surface area (Å²) in [4.78, 5) is 0. The maximum Gasteiger partial charge on any atom is 0.123 e. The van der Waals surface area contributed by atoms with E-state index < -0.39 is 0 Å². The maximum atomic E-state index is 13.2. The molecule has 18 heavy (non-hydrogen) atoms. The van der Waals surface area contributed by atoms with Crippen LogP contribution in [0.2, 0.25) is 0 Å². The minimum atomic E-state index is -0.180. The Hall–Kier alpha value is -0.0900. The van der Waals surface area contributed by atoms with Crippen molar-refractivity contribution >= 4 is 31.9 Å². The molecule has 0 saturated carbocycles. The van der Waals surface area contributed by atoms with Crippen molar-refractivity contribution in [3.63, 3.8) is 0 Å². The second kappa shape index (κ2) is 5.91. The van der Waals surface area contributed by atoms with Gasteiger partial charge >= 0.3 is 0 Å². The zero-order chi connectivity index (χ0) is 13.2. The van der Waals surface area contributed by atoms with Crippen molar-refractivity contribution in [3.05, 3.63) is 29.6 Å². The van der Waals surface area contributed by atoms with E-state index in [4.69, 9.17) is 4.74 Å². The third kappa shape index (κ3) is 2.90. The van der Waals surface area contributed by atoms with Gasteiger partial charge in [0.15, 0.2) is 0 Å². The lowest BCUT2D eigenvalue weighted by Crippen LogP contribution is -2.31. The van der Waals surface area contributed by atoms with Crippen LogP contribution in [-0.2, 0) is 6.42 Å². The van der Waals surface area contributed by atoms with E-state index >= 15 is 0 Å². The standard InChI is InChI=1S/C14H17Br2FO/c1-2-14(8-15,9-16)7-12-6-10-5-11(17)3-4-13(10)18-12/h3-5,12H,2,6-9H2,1H3. The summed E-state index contributed by atoms with van der Waals surface area (Å²) in [6.07, 6.45) is 3.05. The lowest BCUT2D eigenvalue weighted by molar-refractivity contribution is 0.160. The van der Waals surface area contributed by atoms with Crippen LogP contribution in [0.4, 0.5) is 4.39 Å². The molecular weight excluding hydrogens is 363 g/mol. The van der Waals surface area contributed by atoms with E-state index in [0.29, 0.717) is 0 Å². The van der Waals surface area contributed by atoms with Crippen LogP contribution >= 0.6 is 31.9 Å². The highest BCUT2D eigenvalue weighted by Crippen LogP contribution is 2.38. The van der Waals surface area contributed by atoms with E-state index in [9.17, 15) is 4.39 Å². The van der Waals surface area contributed by atoms with Crippen molar-refractivity contribution < 1.29 is 9.13 Å². The molecule has 1 aromatic carbocycles. The molecule has 0 saturated heterocycles. The normalized spacial score (nSPS) is 18.6. The fourth-order valence-electron chi connectivity index (χ4n) is 2.36. The highest BCUT2D eigenvalue weighted by atomic mass is 79.9. The Bertz CT molecular complexity index is 410. The van der Waals surface area contributed by atoms with E-state index in [1.807, 2.05) is 0 Å². The summed E-state index contributed by atoms with van der Waals surface area (Å²) >= 11 is 7.20. The van der Waals surface area contributed by atoms with Crippen molar-refractivity contribution in [2.24, 2.45) is 5.41 Å². The first-order valence-corrected chi connectivity index (χ1v) is 8.44. The lowest BCUT2D eigenvalue weighted by Gasteiger charge is -2.31. The van der Waals surface area contributed by atoms with Gasteiger partial charge in [0.25, 0.3) is 0 Å². The van der Waals surface area contributed by atoms with Gasteiger partial charge in [-0.1, -0.05) is 38.8 Å². The molecular formula is C14H17Br2FO. The zero-order valence-corrected chi connectivity index (χ0v) is 13.6. The van der Waals surface area contributed by atoms with Gasteiger partial charge in [0.05, 0.1) is 0 Å². The molecule has 0 aromatic heterocycles. The zero-order valence-electron chi connectivity index (χ0n) is 10.4. The number of fused-ring (bicyclic) bond motifs is 1. The third-order valence-electron chi connectivity index (χ3n) is 3.74. The molecule has 1 aliphatic rings. The molecule has 1 aromatic rings. The SMILES string of the molecule is CCC(CBr)(CBr)CC1Cc2cc(F)ccc2O1. The van der Waals surface area contributed by atoms with E-state index in [2.05, 4.69) is 38.8 Å². The average molecular weight is 380 g/mol. The Balaban J connectivity index is 2.07. The average Bonchev–Trinajstić information content (AvgIpc) is 2.77. The van der Waals surface area contributed by atoms with Crippen LogP contribution in [0.15, 0.2) is 18.2 Å². The number of halogens is 3. The highest BCUT2D eigenvalue weighted by molar-refractivity contribution is 9.09. The molecule has 1 aliphatic heterocycles. The molecule has 0 fully saturated rings.